The molecule has 3 N–H and O–H groups in total. The average Bonchev–Trinajstić information content (AvgIpc) is 1.98. The maximum Gasteiger partial charge on any atom is 0.244 e. The predicted molar refractivity (Wildman–Crippen MR) is 54.6 cm³/mol. The van der Waals surface area contributed by atoms with E-state index in [1.165, 1.54) is 0 Å². The summed E-state index contributed by atoms with van der Waals surface area (Å²) in [5, 5.41) is 2.79. The summed E-state index contributed by atoms with van der Waals surface area (Å²) >= 11 is 0. The highest BCUT2D eigenvalue weighted by Gasteiger charge is 2.10. The van der Waals surface area contributed by atoms with Crippen LogP contribution >= 0.6 is 0 Å². The third-order valence-electron chi connectivity index (χ3n) is 1.46. The second kappa shape index (κ2) is 5.56. The molecule has 1 atom stereocenters. The Labute approximate surface area is 79.6 Å². The zero-order valence-electron chi connectivity index (χ0n) is 8.79. The van der Waals surface area contributed by atoms with E-state index in [2.05, 4.69) is 10.3 Å². The highest BCUT2D eigenvalue weighted by atomic mass is 16.2. The van der Waals surface area contributed by atoms with Crippen molar-refractivity contribution in [2.24, 2.45) is 16.6 Å². The molecular weight excluding hydrogens is 166 g/mol. The number of rotatable bonds is 4. The van der Waals surface area contributed by atoms with E-state index in [-0.39, 0.29) is 11.9 Å². The number of amides is 1. The van der Waals surface area contributed by atoms with Crippen molar-refractivity contribution in [1.29, 1.82) is 0 Å². The number of amidine groups is 1. The van der Waals surface area contributed by atoms with Gasteiger partial charge in [0, 0.05) is 6.54 Å². The Balaban J connectivity index is 3.90. The van der Waals surface area contributed by atoms with Gasteiger partial charge in [-0.1, -0.05) is 13.8 Å². The smallest absolute Gasteiger partial charge is 0.244 e. The molecule has 0 saturated carbocycles. The number of nitrogens with zero attached hydrogens (tertiary/aromatic N) is 1. The lowest BCUT2D eigenvalue weighted by atomic mass is 10.2. The van der Waals surface area contributed by atoms with Crippen molar-refractivity contribution in [2.45, 2.75) is 33.7 Å². The fraction of sp³-hybridized carbons (Fsp3) is 0.778. The zero-order chi connectivity index (χ0) is 10.4. The first-order chi connectivity index (χ1) is 5.93. The van der Waals surface area contributed by atoms with Gasteiger partial charge >= 0.3 is 0 Å². The van der Waals surface area contributed by atoms with Crippen LogP contribution in [-0.2, 0) is 4.79 Å². The molecule has 0 rings (SSSR count). The molecule has 0 aromatic carbocycles. The molecule has 1 amide bonds. The van der Waals surface area contributed by atoms with Gasteiger partial charge in [-0.05, 0) is 19.8 Å². The Morgan fingerprint density at radius 3 is 2.38 bits per heavy atom. The maximum absolute atomic E-state index is 11.3. The highest BCUT2D eigenvalue weighted by Crippen LogP contribution is 1.92. The van der Waals surface area contributed by atoms with Crippen molar-refractivity contribution in [3.05, 3.63) is 0 Å². The van der Waals surface area contributed by atoms with Gasteiger partial charge in [-0.15, -0.1) is 0 Å². The lowest BCUT2D eigenvalue weighted by Crippen LogP contribution is -2.35. The van der Waals surface area contributed by atoms with Gasteiger partial charge in [0.1, 0.15) is 6.04 Å². The topological polar surface area (TPSA) is 67.5 Å². The standard InChI is InChI=1S/C9H19N3O/c1-6(2)5-11-9(13)7(3)12-8(4)10/h6-7H,5H2,1-4H3,(H2,10,12)(H,11,13). The normalized spacial score (nSPS) is 14.4. The number of nitrogens with two attached hydrogens (primary N) is 1. The summed E-state index contributed by atoms with van der Waals surface area (Å²) in [7, 11) is 0. The maximum atomic E-state index is 11.3. The third-order valence-corrected chi connectivity index (χ3v) is 1.46. The molecular formula is C9H19N3O. The number of nitrogens with one attached hydrogen (secondary N) is 1. The van der Waals surface area contributed by atoms with Crippen LogP contribution in [0.2, 0.25) is 0 Å². The number of hydrogen-bond donors (Lipinski definition) is 2. The van der Waals surface area contributed by atoms with Gasteiger partial charge in [-0.3, -0.25) is 9.79 Å². The summed E-state index contributed by atoms with van der Waals surface area (Å²) < 4.78 is 0. The van der Waals surface area contributed by atoms with Crippen molar-refractivity contribution >= 4 is 11.7 Å². The van der Waals surface area contributed by atoms with Gasteiger partial charge in [0.25, 0.3) is 0 Å². The zero-order valence-corrected chi connectivity index (χ0v) is 8.79. The molecule has 0 bridgehead atoms. The van der Waals surface area contributed by atoms with E-state index >= 15 is 0 Å². The van der Waals surface area contributed by atoms with Crippen molar-refractivity contribution in [3.63, 3.8) is 0 Å². The molecule has 0 spiro atoms. The van der Waals surface area contributed by atoms with E-state index in [9.17, 15) is 4.79 Å². The second-order valence-corrected chi connectivity index (χ2v) is 3.59. The van der Waals surface area contributed by atoms with Gasteiger partial charge in [0.2, 0.25) is 5.91 Å². The van der Waals surface area contributed by atoms with Crippen molar-refractivity contribution in [1.82, 2.24) is 5.32 Å². The Morgan fingerprint density at radius 2 is 2.00 bits per heavy atom. The molecule has 1 unspecified atom stereocenters. The largest absolute Gasteiger partial charge is 0.388 e. The van der Waals surface area contributed by atoms with Gasteiger partial charge in [0.15, 0.2) is 0 Å². The quantitative estimate of drug-likeness (QED) is 0.495. The minimum atomic E-state index is -0.385. The fourth-order valence-electron chi connectivity index (χ4n) is 0.817. The molecule has 0 radical (unpaired) electrons. The van der Waals surface area contributed by atoms with E-state index in [1.54, 1.807) is 13.8 Å². The van der Waals surface area contributed by atoms with E-state index in [4.69, 9.17) is 5.73 Å². The van der Waals surface area contributed by atoms with Crippen LogP contribution in [0.4, 0.5) is 0 Å². The molecule has 0 aliphatic rings. The van der Waals surface area contributed by atoms with Crippen molar-refractivity contribution in [3.8, 4) is 0 Å². The Kier molecular flexibility index (Phi) is 5.11. The Morgan fingerprint density at radius 1 is 1.46 bits per heavy atom. The van der Waals surface area contributed by atoms with Crippen LogP contribution in [0.25, 0.3) is 0 Å². The molecule has 0 aliphatic carbocycles. The lowest BCUT2D eigenvalue weighted by molar-refractivity contribution is -0.122. The van der Waals surface area contributed by atoms with Gasteiger partial charge in [0.05, 0.1) is 5.84 Å². The summed E-state index contributed by atoms with van der Waals surface area (Å²) in [6.45, 7) is 8.17. The molecule has 13 heavy (non-hydrogen) atoms. The molecule has 0 heterocycles. The van der Waals surface area contributed by atoms with Crippen LogP contribution in [0.15, 0.2) is 4.99 Å². The average molecular weight is 185 g/mol. The van der Waals surface area contributed by atoms with Crippen LogP contribution < -0.4 is 11.1 Å². The first kappa shape index (κ1) is 11.9. The van der Waals surface area contributed by atoms with Crippen LogP contribution in [0, 0.1) is 5.92 Å². The second-order valence-electron chi connectivity index (χ2n) is 3.59. The fourth-order valence-corrected chi connectivity index (χ4v) is 0.817. The van der Waals surface area contributed by atoms with Crippen molar-refractivity contribution < 1.29 is 4.79 Å². The van der Waals surface area contributed by atoms with E-state index in [0.29, 0.717) is 18.3 Å². The van der Waals surface area contributed by atoms with E-state index in [0.717, 1.165) is 0 Å². The molecule has 4 nitrogen and oxygen atoms in total. The molecule has 0 aromatic rings. The summed E-state index contributed by atoms with van der Waals surface area (Å²) in [5.74, 6) is 0.824. The molecule has 4 heteroatoms. The monoisotopic (exact) mass is 185 g/mol. The van der Waals surface area contributed by atoms with E-state index < -0.39 is 0 Å². The van der Waals surface area contributed by atoms with Crippen LogP contribution in [-0.4, -0.2) is 24.3 Å². The predicted octanol–water partition coefficient (Wildman–Crippen LogP) is 0.524. The summed E-state index contributed by atoms with van der Waals surface area (Å²) in [6.07, 6.45) is 0. The Bertz CT molecular complexity index is 195. The molecule has 76 valence electrons. The van der Waals surface area contributed by atoms with Crippen LogP contribution in [0.3, 0.4) is 0 Å². The van der Waals surface area contributed by atoms with Gasteiger partial charge in [-0.25, -0.2) is 0 Å². The molecule has 0 saturated heterocycles. The van der Waals surface area contributed by atoms with Crippen molar-refractivity contribution in [2.75, 3.05) is 6.54 Å². The summed E-state index contributed by atoms with van der Waals surface area (Å²) in [5.41, 5.74) is 5.36. The first-order valence-electron chi connectivity index (χ1n) is 4.51. The minimum Gasteiger partial charge on any atom is -0.388 e. The van der Waals surface area contributed by atoms with Gasteiger partial charge < -0.3 is 11.1 Å². The number of carbonyl (C=O) groups is 1. The molecule has 0 aromatic heterocycles. The third kappa shape index (κ3) is 6.13. The van der Waals surface area contributed by atoms with E-state index in [1.807, 2.05) is 13.8 Å². The number of aliphatic imine (C=N–C) groups is 1. The van der Waals surface area contributed by atoms with Crippen LogP contribution in [0.5, 0.6) is 0 Å². The molecule has 0 fully saturated rings. The van der Waals surface area contributed by atoms with Gasteiger partial charge in [-0.2, -0.15) is 0 Å². The first-order valence-corrected chi connectivity index (χ1v) is 4.51. The SMILES string of the molecule is CC(N)=NC(C)C(=O)NCC(C)C. The summed E-state index contributed by atoms with van der Waals surface area (Å²) in [6, 6.07) is -0.385. The summed E-state index contributed by atoms with van der Waals surface area (Å²) in [4.78, 5) is 15.2. The Hall–Kier alpha value is -1.06. The van der Waals surface area contributed by atoms with Crippen LogP contribution in [0.1, 0.15) is 27.7 Å². The number of hydrogen-bond acceptors (Lipinski definition) is 2. The molecule has 0 aliphatic heterocycles. The minimum absolute atomic E-state index is 0.0708. The lowest BCUT2D eigenvalue weighted by Gasteiger charge is -2.10. The highest BCUT2D eigenvalue weighted by molar-refractivity contribution is 5.86. The number of carbonyl (C=O) groups excluding carboxylic acids is 1.